The highest BCUT2D eigenvalue weighted by Gasteiger charge is 2.23. The standard InChI is InChI=1S/C27H22N2O5/c30-26(18-34-22-9-2-1-3-10-22)25(17-19-13-15-21(16-14-19)29(32)33)28-27(31)24-12-6-8-20-7-4-5-11-23(20)24/h1-16,25H,17-18H2,(H,28,31)/t25-/m0/s1. The number of non-ortho nitro benzene ring substituents is 1. The SMILES string of the molecule is O=C(N[C@@H](Cc1ccc([N+](=O)[O-])cc1)C(=O)COc1ccccc1)c1cccc2ccccc12. The maximum absolute atomic E-state index is 13.2. The van der Waals surface area contributed by atoms with Gasteiger partial charge in [0.1, 0.15) is 12.4 Å². The number of hydrogen-bond donors (Lipinski definition) is 1. The van der Waals surface area contributed by atoms with Crippen LogP contribution in [0.25, 0.3) is 10.8 Å². The van der Waals surface area contributed by atoms with Gasteiger partial charge in [-0.15, -0.1) is 0 Å². The number of ketones is 1. The van der Waals surface area contributed by atoms with Gasteiger partial charge in [0.25, 0.3) is 11.6 Å². The summed E-state index contributed by atoms with van der Waals surface area (Å²) in [5, 5.41) is 15.5. The van der Waals surface area contributed by atoms with Crippen molar-refractivity contribution in [1.82, 2.24) is 5.32 Å². The van der Waals surface area contributed by atoms with E-state index in [0.717, 1.165) is 10.8 Å². The lowest BCUT2D eigenvalue weighted by Crippen LogP contribution is -2.44. The number of nitro groups is 1. The van der Waals surface area contributed by atoms with Crippen molar-refractivity contribution in [3.05, 3.63) is 118 Å². The molecule has 1 atom stereocenters. The lowest BCUT2D eigenvalue weighted by molar-refractivity contribution is -0.384. The molecule has 0 heterocycles. The fourth-order valence-electron chi connectivity index (χ4n) is 3.67. The first kappa shape index (κ1) is 22.7. The molecule has 1 amide bonds. The number of carbonyl (C=O) groups excluding carboxylic acids is 2. The number of nitrogens with one attached hydrogen (secondary N) is 1. The number of para-hydroxylation sites is 1. The molecule has 170 valence electrons. The van der Waals surface area contributed by atoms with Crippen LogP contribution in [0.15, 0.2) is 97.1 Å². The number of amides is 1. The number of rotatable bonds is 9. The van der Waals surface area contributed by atoms with Gasteiger partial charge in [-0.2, -0.15) is 0 Å². The van der Waals surface area contributed by atoms with Gasteiger partial charge in [0, 0.05) is 17.7 Å². The smallest absolute Gasteiger partial charge is 0.269 e. The predicted octanol–water partition coefficient (Wildman–Crippen LogP) is 4.74. The summed E-state index contributed by atoms with van der Waals surface area (Å²) in [5.41, 5.74) is 1.10. The van der Waals surface area contributed by atoms with Gasteiger partial charge in [0.05, 0.1) is 11.0 Å². The molecule has 7 heteroatoms. The Balaban J connectivity index is 1.56. The molecule has 4 aromatic rings. The number of fused-ring (bicyclic) bond motifs is 1. The third-order valence-corrected chi connectivity index (χ3v) is 5.44. The number of hydrogen-bond acceptors (Lipinski definition) is 5. The van der Waals surface area contributed by atoms with Gasteiger partial charge >= 0.3 is 0 Å². The monoisotopic (exact) mass is 454 g/mol. The Labute approximate surface area is 196 Å². The first-order valence-corrected chi connectivity index (χ1v) is 10.7. The molecule has 34 heavy (non-hydrogen) atoms. The van der Waals surface area contributed by atoms with Crippen LogP contribution in [-0.2, 0) is 11.2 Å². The second-order valence-corrected chi connectivity index (χ2v) is 7.75. The average Bonchev–Trinajstić information content (AvgIpc) is 2.87. The molecule has 0 unspecified atom stereocenters. The van der Waals surface area contributed by atoms with E-state index >= 15 is 0 Å². The first-order valence-electron chi connectivity index (χ1n) is 10.7. The molecule has 0 fully saturated rings. The van der Waals surface area contributed by atoms with E-state index in [0.29, 0.717) is 16.9 Å². The van der Waals surface area contributed by atoms with E-state index in [-0.39, 0.29) is 30.4 Å². The van der Waals surface area contributed by atoms with Gasteiger partial charge < -0.3 is 10.1 Å². The third-order valence-electron chi connectivity index (χ3n) is 5.44. The van der Waals surface area contributed by atoms with Gasteiger partial charge in [-0.3, -0.25) is 19.7 Å². The third kappa shape index (κ3) is 5.45. The zero-order chi connectivity index (χ0) is 23.9. The van der Waals surface area contributed by atoms with Crippen molar-refractivity contribution in [1.29, 1.82) is 0 Å². The molecule has 0 aliphatic rings. The van der Waals surface area contributed by atoms with E-state index in [9.17, 15) is 19.7 Å². The molecule has 4 aromatic carbocycles. The van der Waals surface area contributed by atoms with Crippen LogP contribution in [0.1, 0.15) is 15.9 Å². The van der Waals surface area contributed by atoms with Crippen LogP contribution in [0.3, 0.4) is 0 Å². The van der Waals surface area contributed by atoms with Crippen LogP contribution in [0.2, 0.25) is 0 Å². The summed E-state index contributed by atoms with van der Waals surface area (Å²) in [5.74, 6) is -0.141. The summed E-state index contributed by atoms with van der Waals surface area (Å²) < 4.78 is 5.60. The van der Waals surface area contributed by atoms with Crippen LogP contribution < -0.4 is 10.1 Å². The Morgan fingerprint density at radius 2 is 1.53 bits per heavy atom. The molecule has 0 saturated carbocycles. The van der Waals surface area contributed by atoms with Gasteiger partial charge in [-0.1, -0.05) is 66.7 Å². The van der Waals surface area contributed by atoms with Crippen molar-refractivity contribution in [3.8, 4) is 5.75 Å². The first-order chi connectivity index (χ1) is 16.5. The van der Waals surface area contributed by atoms with Crippen molar-refractivity contribution in [2.45, 2.75) is 12.5 Å². The topological polar surface area (TPSA) is 98.5 Å². The van der Waals surface area contributed by atoms with Gasteiger partial charge in [0.15, 0.2) is 5.78 Å². The molecule has 0 aromatic heterocycles. The number of ether oxygens (including phenoxy) is 1. The van der Waals surface area contributed by atoms with Crippen molar-refractivity contribution in [3.63, 3.8) is 0 Å². The molecule has 0 aliphatic carbocycles. The molecule has 7 nitrogen and oxygen atoms in total. The maximum Gasteiger partial charge on any atom is 0.269 e. The van der Waals surface area contributed by atoms with E-state index in [1.54, 1.807) is 48.5 Å². The highest BCUT2D eigenvalue weighted by atomic mass is 16.6. The minimum atomic E-state index is -0.878. The lowest BCUT2D eigenvalue weighted by Gasteiger charge is -2.19. The number of carbonyl (C=O) groups is 2. The number of benzene rings is 4. The average molecular weight is 454 g/mol. The summed E-state index contributed by atoms with van der Waals surface area (Å²) in [6.07, 6.45) is 0.172. The second-order valence-electron chi connectivity index (χ2n) is 7.75. The number of nitro benzene ring substituents is 1. The molecule has 0 spiro atoms. The number of Topliss-reactive ketones (excluding diaryl/α,β-unsaturated/α-hetero) is 1. The highest BCUT2D eigenvalue weighted by molar-refractivity contribution is 6.08. The van der Waals surface area contributed by atoms with Gasteiger partial charge in [-0.25, -0.2) is 0 Å². The molecular formula is C27H22N2O5. The molecular weight excluding hydrogens is 432 g/mol. The Morgan fingerprint density at radius 3 is 2.26 bits per heavy atom. The fraction of sp³-hybridized carbons (Fsp3) is 0.111. The van der Waals surface area contributed by atoms with E-state index in [1.165, 1.54) is 12.1 Å². The maximum atomic E-state index is 13.2. The molecule has 0 aliphatic heterocycles. The summed E-state index contributed by atoms with van der Waals surface area (Å²) in [6, 6.07) is 26.9. The van der Waals surface area contributed by atoms with Crippen molar-refractivity contribution >= 4 is 28.2 Å². The molecule has 1 N–H and O–H groups in total. The fourth-order valence-corrected chi connectivity index (χ4v) is 3.67. The predicted molar refractivity (Wildman–Crippen MR) is 129 cm³/mol. The summed E-state index contributed by atoms with van der Waals surface area (Å²) in [7, 11) is 0. The second kappa shape index (κ2) is 10.4. The highest BCUT2D eigenvalue weighted by Crippen LogP contribution is 2.19. The Kier molecular flexibility index (Phi) is 6.93. The minimum absolute atomic E-state index is 0.0428. The minimum Gasteiger partial charge on any atom is -0.486 e. The molecule has 0 bridgehead atoms. The van der Waals surface area contributed by atoms with Crippen LogP contribution >= 0.6 is 0 Å². The summed E-state index contributed by atoms with van der Waals surface area (Å²) >= 11 is 0. The van der Waals surface area contributed by atoms with Crippen LogP contribution in [-0.4, -0.2) is 29.3 Å². The normalized spacial score (nSPS) is 11.5. The van der Waals surface area contributed by atoms with Crippen LogP contribution in [0.5, 0.6) is 5.75 Å². The summed E-state index contributed by atoms with van der Waals surface area (Å²) in [4.78, 5) is 36.7. The van der Waals surface area contributed by atoms with E-state index < -0.39 is 11.0 Å². The van der Waals surface area contributed by atoms with Crippen LogP contribution in [0.4, 0.5) is 5.69 Å². The molecule has 0 saturated heterocycles. The Bertz CT molecular complexity index is 1310. The zero-order valence-electron chi connectivity index (χ0n) is 18.2. The largest absolute Gasteiger partial charge is 0.486 e. The lowest BCUT2D eigenvalue weighted by atomic mass is 10.00. The Hall–Kier alpha value is -4.52. The van der Waals surface area contributed by atoms with Crippen molar-refractivity contribution in [2.75, 3.05) is 6.61 Å². The summed E-state index contributed by atoms with van der Waals surface area (Å²) in [6.45, 7) is -0.225. The zero-order valence-corrected chi connectivity index (χ0v) is 18.2. The van der Waals surface area contributed by atoms with Gasteiger partial charge in [-0.05, 0) is 41.0 Å². The van der Waals surface area contributed by atoms with E-state index in [4.69, 9.17) is 4.74 Å². The molecule has 0 radical (unpaired) electrons. The van der Waals surface area contributed by atoms with Crippen molar-refractivity contribution < 1.29 is 19.2 Å². The van der Waals surface area contributed by atoms with Crippen LogP contribution in [0, 0.1) is 10.1 Å². The Morgan fingerprint density at radius 1 is 0.853 bits per heavy atom. The van der Waals surface area contributed by atoms with E-state index in [1.807, 2.05) is 36.4 Å². The number of nitrogens with zero attached hydrogens (tertiary/aromatic N) is 1. The van der Waals surface area contributed by atoms with E-state index in [2.05, 4.69) is 5.32 Å². The van der Waals surface area contributed by atoms with Crippen molar-refractivity contribution in [2.24, 2.45) is 0 Å². The quantitative estimate of drug-likeness (QED) is 0.291. The van der Waals surface area contributed by atoms with Gasteiger partial charge in [0.2, 0.25) is 0 Å². The molecule has 4 rings (SSSR count).